The summed E-state index contributed by atoms with van der Waals surface area (Å²) in [5.41, 5.74) is -3.44. The maximum absolute atomic E-state index is 13.8. The van der Waals surface area contributed by atoms with E-state index in [0.29, 0.717) is 35.9 Å². The van der Waals surface area contributed by atoms with Crippen molar-refractivity contribution in [2.24, 2.45) is 0 Å². The molecule has 0 unspecified atom stereocenters. The number of hydrogen-bond donors (Lipinski definition) is 1. The lowest BCUT2D eigenvalue weighted by Gasteiger charge is -2.14. The molecule has 3 rings (SSSR count). The van der Waals surface area contributed by atoms with Gasteiger partial charge in [-0.25, -0.2) is 4.68 Å². The standard InChI is InChI=1S/C22H19F6N3O3/c1-3-34-17-8-7-13(9-18(17)33-2)11-29-20(32)16-12-30-31(19(16)22(26,27)28)15-6-4-5-14(10-15)21(23,24)25/h4-10,12H,3,11H2,1-2H3,(H,29,32). The monoisotopic (exact) mass is 487 g/mol. The molecule has 3 aromatic rings. The fraction of sp³-hybridized carbons (Fsp3) is 0.273. The fourth-order valence-corrected chi connectivity index (χ4v) is 3.17. The van der Waals surface area contributed by atoms with Gasteiger partial charge in [0.05, 0.1) is 36.7 Å². The van der Waals surface area contributed by atoms with Crippen molar-refractivity contribution in [3.63, 3.8) is 0 Å². The van der Waals surface area contributed by atoms with E-state index in [-0.39, 0.29) is 11.2 Å². The first-order valence-electron chi connectivity index (χ1n) is 9.86. The first kappa shape index (κ1) is 24.9. The maximum Gasteiger partial charge on any atom is 0.434 e. The van der Waals surface area contributed by atoms with Crippen LogP contribution >= 0.6 is 0 Å². The maximum atomic E-state index is 13.8. The summed E-state index contributed by atoms with van der Waals surface area (Å²) in [4.78, 5) is 12.6. The van der Waals surface area contributed by atoms with E-state index in [9.17, 15) is 31.1 Å². The number of carbonyl (C=O) groups is 1. The number of alkyl halides is 6. The first-order valence-corrected chi connectivity index (χ1v) is 9.86. The smallest absolute Gasteiger partial charge is 0.434 e. The van der Waals surface area contributed by atoms with Gasteiger partial charge >= 0.3 is 12.4 Å². The van der Waals surface area contributed by atoms with Crippen molar-refractivity contribution in [2.75, 3.05) is 13.7 Å². The Kier molecular flexibility index (Phi) is 7.08. The van der Waals surface area contributed by atoms with Crippen LogP contribution in [0.15, 0.2) is 48.7 Å². The van der Waals surface area contributed by atoms with Crippen molar-refractivity contribution in [3.8, 4) is 17.2 Å². The number of nitrogens with zero attached hydrogens (tertiary/aromatic N) is 2. The molecule has 182 valence electrons. The molecule has 2 aromatic carbocycles. The summed E-state index contributed by atoms with van der Waals surface area (Å²) in [6.45, 7) is 2.03. The van der Waals surface area contributed by atoms with Crippen molar-refractivity contribution < 1.29 is 40.6 Å². The average molecular weight is 487 g/mol. The van der Waals surface area contributed by atoms with E-state index in [0.717, 1.165) is 18.2 Å². The third-order valence-corrected chi connectivity index (χ3v) is 4.68. The van der Waals surface area contributed by atoms with Crippen molar-refractivity contribution in [1.29, 1.82) is 0 Å². The van der Waals surface area contributed by atoms with E-state index >= 15 is 0 Å². The number of rotatable bonds is 7. The Balaban J connectivity index is 1.89. The third-order valence-electron chi connectivity index (χ3n) is 4.68. The first-order chi connectivity index (χ1) is 16.0. The average Bonchev–Trinajstić information content (AvgIpc) is 3.24. The minimum absolute atomic E-state index is 0.145. The number of hydrogen-bond acceptors (Lipinski definition) is 4. The van der Waals surface area contributed by atoms with E-state index in [4.69, 9.17) is 9.47 Å². The van der Waals surface area contributed by atoms with Gasteiger partial charge < -0.3 is 14.8 Å². The molecule has 34 heavy (non-hydrogen) atoms. The van der Waals surface area contributed by atoms with Gasteiger partial charge in [-0.15, -0.1) is 0 Å². The zero-order valence-electron chi connectivity index (χ0n) is 17.9. The van der Waals surface area contributed by atoms with Crippen LogP contribution in [0.1, 0.15) is 34.1 Å². The highest BCUT2D eigenvalue weighted by molar-refractivity contribution is 5.95. The Hall–Kier alpha value is -3.70. The minimum atomic E-state index is -5.07. The summed E-state index contributed by atoms with van der Waals surface area (Å²) in [5.74, 6) is -0.262. The molecule has 0 saturated heterocycles. The van der Waals surface area contributed by atoms with E-state index < -0.39 is 40.8 Å². The Labute approximate surface area is 190 Å². The van der Waals surface area contributed by atoms with Gasteiger partial charge in [0.1, 0.15) is 0 Å². The van der Waals surface area contributed by atoms with E-state index in [1.165, 1.54) is 7.11 Å². The van der Waals surface area contributed by atoms with Gasteiger partial charge in [0, 0.05) is 6.54 Å². The van der Waals surface area contributed by atoms with Gasteiger partial charge in [-0.3, -0.25) is 4.79 Å². The molecule has 12 heteroatoms. The number of benzene rings is 2. The zero-order chi connectivity index (χ0) is 25.1. The second-order valence-electron chi connectivity index (χ2n) is 6.97. The number of amides is 1. The molecule has 0 aliphatic rings. The number of carbonyl (C=O) groups excluding carboxylic acids is 1. The lowest BCUT2D eigenvalue weighted by Crippen LogP contribution is -2.26. The number of nitrogens with one attached hydrogen (secondary N) is 1. The van der Waals surface area contributed by atoms with Crippen LogP contribution in [-0.4, -0.2) is 29.4 Å². The molecule has 0 atom stereocenters. The van der Waals surface area contributed by atoms with E-state index in [1.54, 1.807) is 25.1 Å². The Morgan fingerprint density at radius 3 is 2.38 bits per heavy atom. The molecule has 0 radical (unpaired) electrons. The van der Waals surface area contributed by atoms with Crippen molar-refractivity contribution in [1.82, 2.24) is 15.1 Å². The van der Waals surface area contributed by atoms with Crippen LogP contribution in [-0.2, 0) is 18.9 Å². The highest BCUT2D eigenvalue weighted by Gasteiger charge is 2.41. The molecule has 0 bridgehead atoms. The lowest BCUT2D eigenvalue weighted by atomic mass is 10.1. The SMILES string of the molecule is CCOc1ccc(CNC(=O)c2cnn(-c3cccc(C(F)(F)F)c3)c2C(F)(F)F)cc1OC. The predicted octanol–water partition coefficient (Wildman–Crippen LogP) is 5.25. The van der Waals surface area contributed by atoms with Crippen molar-refractivity contribution in [2.45, 2.75) is 25.8 Å². The summed E-state index contributed by atoms with van der Waals surface area (Å²) in [6, 6.07) is 7.99. The Bertz CT molecular complexity index is 1170. The molecule has 1 amide bonds. The molecule has 1 aromatic heterocycles. The van der Waals surface area contributed by atoms with Crippen molar-refractivity contribution >= 4 is 5.91 Å². The largest absolute Gasteiger partial charge is 0.493 e. The predicted molar refractivity (Wildman–Crippen MR) is 109 cm³/mol. The number of aromatic nitrogens is 2. The van der Waals surface area contributed by atoms with Gasteiger partial charge in [-0.05, 0) is 42.8 Å². The molecule has 0 saturated carbocycles. The summed E-state index contributed by atoms with van der Waals surface area (Å²) in [6.07, 6.45) is -9.17. The van der Waals surface area contributed by atoms with Crippen LogP contribution in [0.3, 0.4) is 0 Å². The van der Waals surface area contributed by atoms with Gasteiger partial charge in [-0.1, -0.05) is 12.1 Å². The molecule has 0 aliphatic heterocycles. The molecule has 6 nitrogen and oxygen atoms in total. The van der Waals surface area contributed by atoms with Gasteiger partial charge in [0.25, 0.3) is 5.91 Å². The summed E-state index contributed by atoms with van der Waals surface area (Å²) < 4.78 is 91.3. The third kappa shape index (κ3) is 5.43. The molecular weight excluding hydrogens is 468 g/mol. The van der Waals surface area contributed by atoms with Gasteiger partial charge in [0.15, 0.2) is 17.2 Å². The second-order valence-corrected chi connectivity index (χ2v) is 6.97. The molecular formula is C22H19F6N3O3. The Morgan fingerprint density at radius 1 is 1.03 bits per heavy atom. The van der Waals surface area contributed by atoms with Crippen LogP contribution < -0.4 is 14.8 Å². The number of halogens is 6. The van der Waals surface area contributed by atoms with Gasteiger partial charge in [0.2, 0.25) is 0 Å². The zero-order valence-corrected chi connectivity index (χ0v) is 17.9. The highest BCUT2D eigenvalue weighted by Crippen LogP contribution is 2.35. The molecule has 0 aliphatic carbocycles. The van der Waals surface area contributed by atoms with E-state index in [1.807, 2.05) is 0 Å². The normalized spacial score (nSPS) is 11.9. The highest BCUT2D eigenvalue weighted by atomic mass is 19.4. The molecule has 0 spiro atoms. The minimum Gasteiger partial charge on any atom is -0.493 e. The molecule has 1 N–H and O–H groups in total. The van der Waals surface area contributed by atoms with Crippen LogP contribution in [0, 0.1) is 0 Å². The number of ether oxygens (including phenoxy) is 2. The van der Waals surface area contributed by atoms with Crippen molar-refractivity contribution in [3.05, 3.63) is 71.0 Å². The van der Waals surface area contributed by atoms with Crippen LogP contribution in [0.2, 0.25) is 0 Å². The topological polar surface area (TPSA) is 65.4 Å². The summed E-state index contributed by atoms with van der Waals surface area (Å²) in [5, 5.41) is 5.91. The fourth-order valence-electron chi connectivity index (χ4n) is 3.17. The van der Waals surface area contributed by atoms with Crippen LogP contribution in [0.4, 0.5) is 26.3 Å². The Morgan fingerprint density at radius 2 is 1.76 bits per heavy atom. The molecule has 0 fully saturated rings. The number of methoxy groups -OCH3 is 1. The quantitative estimate of drug-likeness (QED) is 0.463. The van der Waals surface area contributed by atoms with Crippen LogP contribution in [0.5, 0.6) is 11.5 Å². The molecule has 1 heterocycles. The summed E-state index contributed by atoms with van der Waals surface area (Å²) >= 11 is 0. The van der Waals surface area contributed by atoms with Gasteiger partial charge in [-0.2, -0.15) is 31.4 Å². The summed E-state index contributed by atoms with van der Waals surface area (Å²) in [7, 11) is 1.41. The van der Waals surface area contributed by atoms with Crippen LogP contribution in [0.25, 0.3) is 5.69 Å². The lowest BCUT2D eigenvalue weighted by molar-refractivity contribution is -0.143. The second kappa shape index (κ2) is 9.65. The van der Waals surface area contributed by atoms with E-state index in [2.05, 4.69) is 10.4 Å².